The first-order valence-corrected chi connectivity index (χ1v) is 5.05. The van der Waals surface area contributed by atoms with E-state index in [4.69, 9.17) is 0 Å². The summed E-state index contributed by atoms with van der Waals surface area (Å²) in [6.07, 6.45) is 1.54. The maximum Gasteiger partial charge on any atom is 0.191 e. The second-order valence-electron chi connectivity index (χ2n) is 4.01. The summed E-state index contributed by atoms with van der Waals surface area (Å²) < 4.78 is 4.29. The van der Waals surface area contributed by atoms with E-state index in [2.05, 4.69) is 45.3 Å². The number of hydrogen-bond donors (Lipinski definition) is 1. The van der Waals surface area contributed by atoms with Gasteiger partial charge in [0.2, 0.25) is 0 Å². The smallest absolute Gasteiger partial charge is 0.191 e. The number of aromatic nitrogens is 5. The quantitative estimate of drug-likeness (QED) is 0.775. The second-order valence-corrected chi connectivity index (χ2v) is 4.76. The Labute approximate surface area is 85.8 Å². The van der Waals surface area contributed by atoms with Crippen LogP contribution in [0.5, 0.6) is 0 Å². The molecule has 0 aliphatic heterocycles. The van der Waals surface area contributed by atoms with Gasteiger partial charge in [0.25, 0.3) is 0 Å². The van der Waals surface area contributed by atoms with E-state index in [1.54, 1.807) is 0 Å². The van der Waals surface area contributed by atoms with Crippen molar-refractivity contribution in [1.29, 1.82) is 0 Å². The zero-order valence-corrected chi connectivity index (χ0v) is 9.09. The highest BCUT2D eigenvalue weighted by Gasteiger charge is 2.20. The van der Waals surface area contributed by atoms with Crippen molar-refractivity contribution in [2.45, 2.75) is 26.2 Å². The van der Waals surface area contributed by atoms with Crippen LogP contribution in [0.15, 0.2) is 6.33 Å². The van der Waals surface area contributed by atoms with Crippen molar-refractivity contribution in [1.82, 2.24) is 24.5 Å². The molecule has 5 nitrogen and oxygen atoms in total. The van der Waals surface area contributed by atoms with E-state index in [-0.39, 0.29) is 5.41 Å². The first kappa shape index (κ1) is 9.26. The van der Waals surface area contributed by atoms with Gasteiger partial charge in [-0.05, 0) is 11.5 Å². The van der Waals surface area contributed by atoms with Crippen LogP contribution in [0.4, 0.5) is 0 Å². The van der Waals surface area contributed by atoms with E-state index in [0.29, 0.717) is 5.82 Å². The summed E-state index contributed by atoms with van der Waals surface area (Å²) in [5.41, 5.74) is -0.0191. The maximum atomic E-state index is 4.40. The van der Waals surface area contributed by atoms with Gasteiger partial charge in [-0.3, -0.25) is 0 Å². The summed E-state index contributed by atoms with van der Waals surface area (Å²) in [7, 11) is 0. The monoisotopic (exact) mass is 209 g/mol. The van der Waals surface area contributed by atoms with E-state index >= 15 is 0 Å². The highest BCUT2D eigenvalue weighted by Crippen LogP contribution is 2.24. The highest BCUT2D eigenvalue weighted by molar-refractivity contribution is 7.09. The Morgan fingerprint density at radius 1 is 1.36 bits per heavy atom. The molecule has 6 heteroatoms. The Bertz CT molecular complexity index is 411. The fourth-order valence-electron chi connectivity index (χ4n) is 0.934. The van der Waals surface area contributed by atoms with Crippen LogP contribution < -0.4 is 0 Å². The maximum absolute atomic E-state index is 4.40. The van der Waals surface area contributed by atoms with Crippen molar-refractivity contribution in [2.75, 3.05) is 0 Å². The first-order chi connectivity index (χ1) is 6.57. The zero-order valence-electron chi connectivity index (χ0n) is 8.27. The van der Waals surface area contributed by atoms with Crippen molar-refractivity contribution in [2.24, 2.45) is 0 Å². The largest absolute Gasteiger partial charge is 0.325 e. The normalized spacial score (nSPS) is 11.9. The molecular weight excluding hydrogens is 198 g/mol. The molecule has 0 spiro atoms. The fourth-order valence-corrected chi connectivity index (χ4v) is 1.74. The molecule has 0 saturated carbocycles. The van der Waals surface area contributed by atoms with E-state index in [1.165, 1.54) is 17.9 Å². The standard InChI is InChI=1S/C8H11N5S/c1-8(2,3)7-11-6(14-13-7)5-9-4-10-12-5/h4H,1-3H3,(H,9,10,12). The van der Waals surface area contributed by atoms with E-state index in [9.17, 15) is 0 Å². The molecule has 74 valence electrons. The van der Waals surface area contributed by atoms with Gasteiger partial charge in [-0.25, -0.2) is 4.98 Å². The number of aromatic amines is 1. The second kappa shape index (κ2) is 3.13. The fraction of sp³-hybridized carbons (Fsp3) is 0.500. The molecule has 0 amide bonds. The molecule has 0 aromatic carbocycles. The summed E-state index contributed by atoms with van der Waals surface area (Å²) in [6.45, 7) is 6.25. The predicted octanol–water partition coefficient (Wildman–Crippen LogP) is 1.62. The molecule has 2 aromatic rings. The Kier molecular flexibility index (Phi) is 2.07. The molecule has 0 fully saturated rings. The van der Waals surface area contributed by atoms with Crippen LogP contribution in [0.2, 0.25) is 0 Å². The van der Waals surface area contributed by atoms with Gasteiger partial charge in [-0.15, -0.1) is 10.2 Å². The van der Waals surface area contributed by atoms with Crippen molar-refractivity contribution in [3.8, 4) is 10.8 Å². The van der Waals surface area contributed by atoms with E-state index in [0.717, 1.165) is 10.8 Å². The lowest BCUT2D eigenvalue weighted by molar-refractivity contribution is 0.555. The average Bonchev–Trinajstić information content (AvgIpc) is 2.73. The van der Waals surface area contributed by atoms with Gasteiger partial charge in [0.1, 0.15) is 12.2 Å². The van der Waals surface area contributed by atoms with E-state index in [1.807, 2.05) is 0 Å². The van der Waals surface area contributed by atoms with E-state index < -0.39 is 0 Å². The first-order valence-electron chi connectivity index (χ1n) is 4.28. The molecule has 0 bridgehead atoms. The lowest BCUT2D eigenvalue weighted by atomic mass is 9.96. The van der Waals surface area contributed by atoms with Crippen LogP contribution in [0.3, 0.4) is 0 Å². The molecule has 1 N–H and O–H groups in total. The van der Waals surface area contributed by atoms with Gasteiger partial charge in [-0.1, -0.05) is 20.8 Å². The van der Waals surface area contributed by atoms with Gasteiger partial charge in [0.05, 0.1) is 0 Å². The lowest BCUT2D eigenvalue weighted by Crippen LogP contribution is -2.13. The molecule has 2 heterocycles. The van der Waals surface area contributed by atoms with Crippen molar-refractivity contribution in [3.05, 3.63) is 12.2 Å². The lowest BCUT2D eigenvalue weighted by Gasteiger charge is -2.11. The SMILES string of the molecule is CC(C)(C)c1nsc(-c2nnc[nH]2)n1. The Morgan fingerprint density at radius 3 is 2.64 bits per heavy atom. The van der Waals surface area contributed by atoms with Crippen molar-refractivity contribution >= 4 is 11.5 Å². The third-order valence-corrected chi connectivity index (χ3v) is 2.44. The van der Waals surface area contributed by atoms with Crippen molar-refractivity contribution < 1.29 is 0 Å². The number of rotatable bonds is 1. The van der Waals surface area contributed by atoms with Gasteiger partial charge >= 0.3 is 0 Å². The van der Waals surface area contributed by atoms with Crippen LogP contribution in [-0.4, -0.2) is 24.5 Å². The molecule has 0 unspecified atom stereocenters. The van der Waals surface area contributed by atoms with Crippen LogP contribution in [0.25, 0.3) is 10.8 Å². The van der Waals surface area contributed by atoms with Gasteiger partial charge in [0, 0.05) is 5.41 Å². The minimum absolute atomic E-state index is 0.0191. The van der Waals surface area contributed by atoms with Gasteiger partial charge in [-0.2, -0.15) is 4.37 Å². The van der Waals surface area contributed by atoms with Crippen LogP contribution in [-0.2, 0) is 5.41 Å². The highest BCUT2D eigenvalue weighted by atomic mass is 32.1. The average molecular weight is 209 g/mol. The number of nitrogens with one attached hydrogen (secondary N) is 1. The molecular formula is C8H11N5S. The molecule has 0 atom stereocenters. The van der Waals surface area contributed by atoms with Crippen LogP contribution >= 0.6 is 11.5 Å². The predicted molar refractivity (Wildman–Crippen MR) is 54.0 cm³/mol. The minimum atomic E-state index is -0.0191. The Morgan fingerprint density at radius 2 is 2.14 bits per heavy atom. The zero-order chi connectivity index (χ0) is 10.2. The number of H-pyrrole nitrogens is 1. The summed E-state index contributed by atoms with van der Waals surface area (Å²) in [6, 6.07) is 0. The molecule has 0 aliphatic rings. The number of nitrogens with zero attached hydrogens (tertiary/aromatic N) is 4. The summed E-state index contributed by atoms with van der Waals surface area (Å²) in [4.78, 5) is 7.30. The van der Waals surface area contributed by atoms with Gasteiger partial charge in [0.15, 0.2) is 10.8 Å². The molecule has 0 saturated heterocycles. The Balaban J connectivity index is 2.36. The topological polar surface area (TPSA) is 67.3 Å². The molecule has 2 rings (SSSR count). The molecule has 0 aliphatic carbocycles. The van der Waals surface area contributed by atoms with Gasteiger partial charge < -0.3 is 4.98 Å². The summed E-state index contributed by atoms with van der Waals surface area (Å²) in [5, 5.41) is 8.37. The summed E-state index contributed by atoms with van der Waals surface area (Å²) in [5.74, 6) is 1.52. The number of hydrogen-bond acceptors (Lipinski definition) is 5. The third-order valence-electron chi connectivity index (χ3n) is 1.72. The molecule has 14 heavy (non-hydrogen) atoms. The summed E-state index contributed by atoms with van der Waals surface area (Å²) >= 11 is 1.34. The third kappa shape index (κ3) is 1.65. The molecule has 2 aromatic heterocycles. The van der Waals surface area contributed by atoms with Crippen molar-refractivity contribution in [3.63, 3.8) is 0 Å². The Hall–Kier alpha value is -1.30. The molecule has 0 radical (unpaired) electrons. The van der Waals surface area contributed by atoms with Crippen LogP contribution in [0.1, 0.15) is 26.6 Å². The minimum Gasteiger partial charge on any atom is -0.325 e. The van der Waals surface area contributed by atoms with Crippen LogP contribution in [0, 0.1) is 0 Å².